The fourth-order valence-corrected chi connectivity index (χ4v) is 3.91. The highest BCUT2D eigenvalue weighted by molar-refractivity contribution is 5.82. The number of allylic oxidation sites excluding steroid dienone is 2. The fraction of sp³-hybridized carbons (Fsp3) is 0.333. The van der Waals surface area contributed by atoms with E-state index in [1.165, 1.54) is 5.56 Å². The number of nitrogens with zero attached hydrogens (tertiary/aromatic N) is 4. The number of ether oxygens (including phenoxy) is 1. The van der Waals surface area contributed by atoms with Crippen LogP contribution in [0, 0.1) is 13.8 Å². The third-order valence-electron chi connectivity index (χ3n) is 5.51. The topological polar surface area (TPSA) is 56.3 Å². The maximum absolute atomic E-state index is 6.34. The lowest BCUT2D eigenvalue weighted by Crippen LogP contribution is -2.31. The van der Waals surface area contributed by atoms with Gasteiger partial charge in [-0.3, -0.25) is 4.90 Å². The molecule has 0 N–H and O–H groups in total. The zero-order valence-electron chi connectivity index (χ0n) is 18.3. The van der Waals surface area contributed by atoms with Crippen molar-refractivity contribution in [1.82, 2.24) is 19.8 Å². The number of aryl methyl sites for hydroxylation is 3. The standard InChI is InChI=1S/C24H28N4O2/c1-15-7-9-19-11-21(15)16(2)8-10-20-18(4)30-26-23(20)14-27(5)13-17(3)29-24-22(19)12-25-28(24)6/h7-12,17H,2,13-14H2,1,3-6H3/b10-8+. The lowest BCUT2D eigenvalue weighted by Gasteiger charge is -2.22. The van der Waals surface area contributed by atoms with Gasteiger partial charge in [-0.05, 0) is 62.2 Å². The van der Waals surface area contributed by atoms with Crippen molar-refractivity contribution >= 4 is 11.6 Å². The first-order valence-electron chi connectivity index (χ1n) is 10.1. The number of aromatic nitrogens is 3. The molecule has 1 aliphatic heterocycles. The molecule has 156 valence electrons. The van der Waals surface area contributed by atoms with Crippen molar-refractivity contribution < 1.29 is 9.26 Å². The van der Waals surface area contributed by atoms with E-state index < -0.39 is 0 Å². The molecule has 1 unspecified atom stereocenters. The molecule has 0 radical (unpaired) electrons. The Morgan fingerprint density at radius 2 is 1.93 bits per heavy atom. The van der Waals surface area contributed by atoms with Gasteiger partial charge in [0.05, 0.1) is 11.8 Å². The summed E-state index contributed by atoms with van der Waals surface area (Å²) >= 11 is 0. The molecule has 4 rings (SSSR count). The number of fused-ring (bicyclic) bond motifs is 5. The van der Waals surface area contributed by atoms with Gasteiger partial charge in [0.2, 0.25) is 5.88 Å². The molecule has 6 heteroatoms. The number of likely N-dealkylation sites (N-methyl/N-ethyl adjacent to an activating group) is 1. The average Bonchev–Trinajstić information content (AvgIpc) is 3.22. The molecule has 30 heavy (non-hydrogen) atoms. The summed E-state index contributed by atoms with van der Waals surface area (Å²) in [5.41, 5.74) is 7.15. The molecule has 0 amide bonds. The van der Waals surface area contributed by atoms with E-state index in [1.54, 1.807) is 4.68 Å². The zero-order chi connectivity index (χ0) is 21.4. The molecule has 1 aliphatic rings. The van der Waals surface area contributed by atoms with Gasteiger partial charge in [-0.25, -0.2) is 4.68 Å². The lowest BCUT2D eigenvalue weighted by molar-refractivity contribution is 0.147. The van der Waals surface area contributed by atoms with Crippen molar-refractivity contribution in [3.63, 3.8) is 0 Å². The van der Waals surface area contributed by atoms with Crippen LogP contribution in [0.5, 0.6) is 5.88 Å². The first kappa shape index (κ1) is 20.2. The van der Waals surface area contributed by atoms with Crippen LogP contribution >= 0.6 is 0 Å². The minimum atomic E-state index is -0.0267. The summed E-state index contributed by atoms with van der Waals surface area (Å²) in [6.45, 7) is 11.8. The number of hydrogen-bond acceptors (Lipinski definition) is 5. The van der Waals surface area contributed by atoms with Gasteiger partial charge < -0.3 is 9.26 Å². The molecule has 3 aromatic rings. The van der Waals surface area contributed by atoms with Crippen LogP contribution in [0.1, 0.15) is 35.1 Å². The van der Waals surface area contributed by atoms with Gasteiger partial charge in [-0.15, -0.1) is 0 Å². The smallest absolute Gasteiger partial charge is 0.219 e. The van der Waals surface area contributed by atoms with Crippen LogP contribution in [-0.2, 0) is 13.6 Å². The van der Waals surface area contributed by atoms with Gasteiger partial charge in [0, 0.05) is 25.7 Å². The molecule has 1 atom stereocenters. The third kappa shape index (κ3) is 3.83. The number of rotatable bonds is 0. The molecule has 0 saturated carbocycles. The Kier molecular flexibility index (Phi) is 5.35. The Morgan fingerprint density at radius 3 is 2.73 bits per heavy atom. The molecule has 2 aromatic heterocycles. The van der Waals surface area contributed by atoms with Crippen molar-refractivity contribution in [2.24, 2.45) is 7.05 Å². The third-order valence-corrected chi connectivity index (χ3v) is 5.51. The Hall–Kier alpha value is -3.12. The van der Waals surface area contributed by atoms with E-state index in [0.717, 1.165) is 51.7 Å². The molecule has 6 nitrogen and oxygen atoms in total. The number of benzene rings is 1. The van der Waals surface area contributed by atoms with E-state index in [0.29, 0.717) is 6.54 Å². The van der Waals surface area contributed by atoms with E-state index in [2.05, 4.69) is 66.9 Å². The Bertz CT molecular complexity index is 1120. The molecule has 3 heterocycles. The van der Waals surface area contributed by atoms with Gasteiger partial charge in [0.25, 0.3) is 0 Å². The Balaban J connectivity index is 1.84. The summed E-state index contributed by atoms with van der Waals surface area (Å²) in [7, 11) is 3.97. The van der Waals surface area contributed by atoms with Crippen LogP contribution in [0.15, 0.2) is 41.6 Å². The van der Waals surface area contributed by atoms with Crippen LogP contribution in [0.2, 0.25) is 0 Å². The van der Waals surface area contributed by atoms with Gasteiger partial charge >= 0.3 is 0 Å². The summed E-state index contributed by atoms with van der Waals surface area (Å²) in [4.78, 5) is 2.19. The lowest BCUT2D eigenvalue weighted by atomic mass is 9.96. The first-order valence-corrected chi connectivity index (χ1v) is 10.1. The quantitative estimate of drug-likeness (QED) is 0.547. The molecular weight excluding hydrogens is 376 g/mol. The van der Waals surface area contributed by atoms with E-state index >= 15 is 0 Å². The Morgan fingerprint density at radius 1 is 1.13 bits per heavy atom. The van der Waals surface area contributed by atoms with Crippen molar-refractivity contribution in [2.75, 3.05) is 13.6 Å². The maximum Gasteiger partial charge on any atom is 0.219 e. The predicted molar refractivity (Wildman–Crippen MR) is 119 cm³/mol. The van der Waals surface area contributed by atoms with E-state index in [1.807, 2.05) is 26.2 Å². The van der Waals surface area contributed by atoms with Gasteiger partial charge in [0.1, 0.15) is 17.6 Å². The maximum atomic E-state index is 6.34. The molecule has 2 bridgehead atoms. The van der Waals surface area contributed by atoms with E-state index in [9.17, 15) is 0 Å². The van der Waals surface area contributed by atoms with Crippen LogP contribution in [-0.4, -0.2) is 39.5 Å². The van der Waals surface area contributed by atoms with Crippen LogP contribution in [0.25, 0.3) is 22.8 Å². The second-order valence-corrected chi connectivity index (χ2v) is 8.10. The minimum Gasteiger partial charge on any atom is -0.473 e. The molecule has 0 spiro atoms. The van der Waals surface area contributed by atoms with Crippen LogP contribution in [0.4, 0.5) is 0 Å². The van der Waals surface area contributed by atoms with Gasteiger partial charge in [0.15, 0.2) is 0 Å². The highest BCUT2D eigenvalue weighted by Gasteiger charge is 2.19. The highest BCUT2D eigenvalue weighted by atomic mass is 16.5. The summed E-state index contributed by atoms with van der Waals surface area (Å²) in [6, 6.07) is 6.38. The normalized spacial score (nSPS) is 18.7. The first-order chi connectivity index (χ1) is 14.3. The SMILES string of the molecule is C=C1/C=C/c2c(noc2C)CN(C)CC(C)Oc2c(cnn2C)-c2ccc(C)c1c2. The summed E-state index contributed by atoms with van der Waals surface area (Å²) < 4.78 is 13.6. The Labute approximate surface area is 177 Å². The summed E-state index contributed by atoms with van der Waals surface area (Å²) in [5, 5.41) is 8.72. The number of hydrogen-bond donors (Lipinski definition) is 0. The second-order valence-electron chi connectivity index (χ2n) is 8.10. The van der Waals surface area contributed by atoms with Crippen molar-refractivity contribution in [1.29, 1.82) is 0 Å². The monoisotopic (exact) mass is 404 g/mol. The molecular formula is C24H28N4O2. The minimum absolute atomic E-state index is 0.0267. The van der Waals surface area contributed by atoms with Crippen LogP contribution < -0.4 is 4.74 Å². The van der Waals surface area contributed by atoms with E-state index in [4.69, 9.17) is 9.26 Å². The largest absolute Gasteiger partial charge is 0.473 e. The van der Waals surface area contributed by atoms with Gasteiger partial charge in [-0.2, -0.15) is 5.10 Å². The molecule has 1 aromatic carbocycles. The second kappa shape index (κ2) is 7.95. The van der Waals surface area contributed by atoms with Crippen molar-refractivity contribution in [3.8, 4) is 17.0 Å². The molecule has 0 saturated heterocycles. The molecule has 0 aliphatic carbocycles. The highest BCUT2D eigenvalue weighted by Crippen LogP contribution is 2.33. The fourth-order valence-electron chi connectivity index (χ4n) is 3.91. The predicted octanol–water partition coefficient (Wildman–Crippen LogP) is 4.63. The zero-order valence-corrected chi connectivity index (χ0v) is 18.3. The van der Waals surface area contributed by atoms with E-state index in [-0.39, 0.29) is 6.10 Å². The summed E-state index contributed by atoms with van der Waals surface area (Å²) in [6.07, 6.45) is 5.93. The average molecular weight is 405 g/mol. The van der Waals surface area contributed by atoms with Crippen molar-refractivity contribution in [2.45, 2.75) is 33.4 Å². The molecule has 0 fully saturated rings. The summed E-state index contributed by atoms with van der Waals surface area (Å²) in [5.74, 6) is 1.57. The van der Waals surface area contributed by atoms with Crippen molar-refractivity contribution in [3.05, 3.63) is 65.2 Å². The van der Waals surface area contributed by atoms with Crippen LogP contribution in [0.3, 0.4) is 0 Å². The van der Waals surface area contributed by atoms with Gasteiger partial charge in [-0.1, -0.05) is 29.9 Å².